The Kier molecular flexibility index (Phi) is 5.79. The van der Waals surface area contributed by atoms with Gasteiger partial charge in [-0.3, -0.25) is 19.7 Å². The van der Waals surface area contributed by atoms with E-state index in [4.69, 9.17) is 4.74 Å². The Morgan fingerprint density at radius 1 is 1.08 bits per heavy atom. The first-order valence-electron chi connectivity index (χ1n) is 7.61. The third kappa shape index (κ3) is 4.73. The van der Waals surface area contributed by atoms with Crippen LogP contribution in [-0.4, -0.2) is 29.2 Å². The molecule has 0 aromatic heterocycles. The molecule has 2 aromatic rings. The van der Waals surface area contributed by atoms with Gasteiger partial charge in [-0.2, -0.15) is 0 Å². The smallest absolute Gasteiger partial charge is 0.338 e. The number of hydrogen-bond acceptors (Lipinski definition) is 6. The van der Waals surface area contributed by atoms with E-state index < -0.39 is 23.3 Å². The number of nitrogens with zero attached hydrogens (tertiary/aromatic N) is 1. The number of Topliss-reactive ketones (excluding diaryl/α,β-unsaturated/α-hetero) is 1. The number of aryl methyl sites for hydroxylation is 1. The summed E-state index contributed by atoms with van der Waals surface area (Å²) in [5, 5.41) is 13.5. The lowest BCUT2D eigenvalue weighted by atomic mass is 10.1. The van der Waals surface area contributed by atoms with E-state index in [2.05, 4.69) is 5.32 Å². The molecular formula is C18H16N2O6. The molecule has 0 aliphatic rings. The number of nitro groups is 1. The van der Waals surface area contributed by atoms with Crippen molar-refractivity contribution >= 4 is 29.0 Å². The molecule has 1 amide bonds. The van der Waals surface area contributed by atoms with Gasteiger partial charge in [0.05, 0.1) is 10.5 Å². The molecule has 0 aliphatic heterocycles. The second-order valence-electron chi connectivity index (χ2n) is 5.52. The molecule has 0 saturated carbocycles. The molecule has 0 unspecified atom stereocenters. The van der Waals surface area contributed by atoms with Crippen molar-refractivity contribution in [1.82, 2.24) is 0 Å². The monoisotopic (exact) mass is 356 g/mol. The van der Waals surface area contributed by atoms with Gasteiger partial charge in [0, 0.05) is 29.8 Å². The van der Waals surface area contributed by atoms with Crippen LogP contribution in [0.5, 0.6) is 0 Å². The van der Waals surface area contributed by atoms with Gasteiger partial charge in [-0.1, -0.05) is 6.07 Å². The molecule has 0 atom stereocenters. The van der Waals surface area contributed by atoms with Crippen LogP contribution < -0.4 is 5.32 Å². The van der Waals surface area contributed by atoms with E-state index in [1.807, 2.05) is 0 Å². The number of rotatable bonds is 6. The number of ketones is 1. The minimum absolute atomic E-state index is 0.00361. The maximum Gasteiger partial charge on any atom is 0.338 e. The first-order chi connectivity index (χ1) is 12.3. The highest BCUT2D eigenvalue weighted by Gasteiger charge is 2.17. The van der Waals surface area contributed by atoms with Crippen molar-refractivity contribution in [3.63, 3.8) is 0 Å². The summed E-state index contributed by atoms with van der Waals surface area (Å²) in [5.41, 5.74) is 1.07. The molecule has 0 saturated heterocycles. The second-order valence-corrected chi connectivity index (χ2v) is 5.52. The highest BCUT2D eigenvalue weighted by atomic mass is 16.6. The average Bonchev–Trinajstić information content (AvgIpc) is 2.59. The van der Waals surface area contributed by atoms with Gasteiger partial charge in [0.1, 0.15) is 0 Å². The number of hydrogen-bond donors (Lipinski definition) is 1. The third-order valence-electron chi connectivity index (χ3n) is 3.50. The minimum atomic E-state index is -0.823. The van der Waals surface area contributed by atoms with Gasteiger partial charge < -0.3 is 10.1 Å². The highest BCUT2D eigenvalue weighted by molar-refractivity contribution is 6.00. The summed E-state index contributed by atoms with van der Waals surface area (Å²) in [6.45, 7) is 2.43. The average molecular weight is 356 g/mol. The fourth-order valence-corrected chi connectivity index (χ4v) is 2.17. The third-order valence-corrected chi connectivity index (χ3v) is 3.50. The van der Waals surface area contributed by atoms with E-state index in [1.54, 1.807) is 19.1 Å². The number of carbonyl (C=O) groups is 3. The van der Waals surface area contributed by atoms with Crippen LogP contribution >= 0.6 is 0 Å². The van der Waals surface area contributed by atoms with E-state index in [1.165, 1.54) is 31.2 Å². The van der Waals surface area contributed by atoms with Crippen molar-refractivity contribution in [2.75, 3.05) is 11.9 Å². The van der Waals surface area contributed by atoms with Gasteiger partial charge in [0.2, 0.25) is 5.91 Å². The standard InChI is InChI=1S/C18H16N2O6/c1-11-3-4-14(9-16(11)20(24)25)18(23)26-10-17(22)13-5-7-15(8-6-13)19-12(2)21/h3-9H,10H2,1-2H3,(H,19,21). The molecule has 0 fully saturated rings. The number of anilines is 1. The van der Waals surface area contributed by atoms with Crippen molar-refractivity contribution in [2.45, 2.75) is 13.8 Å². The Morgan fingerprint density at radius 3 is 2.27 bits per heavy atom. The van der Waals surface area contributed by atoms with Gasteiger partial charge in [0.25, 0.3) is 5.69 Å². The van der Waals surface area contributed by atoms with Crippen molar-refractivity contribution in [3.8, 4) is 0 Å². The fourth-order valence-electron chi connectivity index (χ4n) is 2.17. The number of nitro benzene ring substituents is 1. The number of nitrogens with one attached hydrogen (secondary N) is 1. The topological polar surface area (TPSA) is 116 Å². The van der Waals surface area contributed by atoms with E-state index in [9.17, 15) is 24.5 Å². The lowest BCUT2D eigenvalue weighted by Gasteiger charge is -2.06. The Bertz CT molecular complexity index is 874. The number of esters is 1. The molecule has 2 rings (SSSR count). The van der Waals surface area contributed by atoms with E-state index in [0.717, 1.165) is 6.07 Å². The van der Waals surface area contributed by atoms with Crippen molar-refractivity contribution < 1.29 is 24.0 Å². The zero-order chi connectivity index (χ0) is 19.3. The molecule has 1 N–H and O–H groups in total. The van der Waals surface area contributed by atoms with E-state index in [0.29, 0.717) is 16.8 Å². The predicted octanol–water partition coefficient (Wildman–Crippen LogP) is 2.90. The Hall–Kier alpha value is -3.55. The second kappa shape index (κ2) is 8.02. The van der Waals surface area contributed by atoms with Crippen LogP contribution in [0.2, 0.25) is 0 Å². The Balaban J connectivity index is 2.00. The lowest BCUT2D eigenvalue weighted by molar-refractivity contribution is -0.385. The van der Waals surface area contributed by atoms with Crippen LogP contribution in [0.1, 0.15) is 33.2 Å². The Labute approximate surface area is 148 Å². The molecule has 26 heavy (non-hydrogen) atoms. The normalized spacial score (nSPS) is 10.1. The van der Waals surface area contributed by atoms with Crippen molar-refractivity contribution in [3.05, 3.63) is 69.3 Å². The lowest BCUT2D eigenvalue weighted by Crippen LogP contribution is -2.14. The molecule has 0 heterocycles. The van der Waals surface area contributed by atoms with Gasteiger partial charge in [0.15, 0.2) is 12.4 Å². The molecule has 0 bridgehead atoms. The summed E-state index contributed by atoms with van der Waals surface area (Å²) in [6, 6.07) is 10.1. The molecule has 2 aromatic carbocycles. The first kappa shape index (κ1) is 18.8. The zero-order valence-corrected chi connectivity index (χ0v) is 14.1. The summed E-state index contributed by atoms with van der Waals surface area (Å²) in [6.07, 6.45) is 0. The van der Waals surface area contributed by atoms with Crippen LogP contribution in [0.15, 0.2) is 42.5 Å². The number of benzene rings is 2. The van der Waals surface area contributed by atoms with Crippen molar-refractivity contribution in [1.29, 1.82) is 0 Å². The maximum atomic E-state index is 12.1. The number of amides is 1. The van der Waals surface area contributed by atoms with Crippen LogP contribution in [0.4, 0.5) is 11.4 Å². The van der Waals surface area contributed by atoms with Crippen LogP contribution in [-0.2, 0) is 9.53 Å². The summed E-state index contributed by atoms with van der Waals surface area (Å²) in [7, 11) is 0. The summed E-state index contributed by atoms with van der Waals surface area (Å²) < 4.78 is 4.93. The van der Waals surface area contributed by atoms with Gasteiger partial charge in [-0.15, -0.1) is 0 Å². The quantitative estimate of drug-likeness (QED) is 0.368. The van der Waals surface area contributed by atoms with Crippen molar-refractivity contribution in [2.24, 2.45) is 0 Å². The van der Waals surface area contributed by atoms with E-state index in [-0.39, 0.29) is 17.2 Å². The van der Waals surface area contributed by atoms with Crippen LogP contribution in [0.3, 0.4) is 0 Å². The molecule has 134 valence electrons. The summed E-state index contributed by atoms with van der Waals surface area (Å²) in [4.78, 5) is 45.3. The first-order valence-corrected chi connectivity index (χ1v) is 7.61. The fraction of sp³-hybridized carbons (Fsp3) is 0.167. The van der Waals surface area contributed by atoms with Gasteiger partial charge in [-0.25, -0.2) is 4.79 Å². The summed E-state index contributed by atoms with van der Waals surface area (Å²) in [5.74, 6) is -1.49. The number of carbonyl (C=O) groups excluding carboxylic acids is 3. The zero-order valence-electron chi connectivity index (χ0n) is 14.1. The van der Waals surface area contributed by atoms with Gasteiger partial charge >= 0.3 is 5.97 Å². The molecule has 0 radical (unpaired) electrons. The minimum Gasteiger partial charge on any atom is -0.454 e. The largest absolute Gasteiger partial charge is 0.454 e. The molecule has 0 aliphatic carbocycles. The SMILES string of the molecule is CC(=O)Nc1ccc(C(=O)COC(=O)c2ccc(C)c([N+](=O)[O-])c2)cc1. The highest BCUT2D eigenvalue weighted by Crippen LogP contribution is 2.20. The molecule has 0 spiro atoms. The Morgan fingerprint density at radius 2 is 1.69 bits per heavy atom. The molecule has 8 heteroatoms. The number of ether oxygens (including phenoxy) is 1. The maximum absolute atomic E-state index is 12.1. The summed E-state index contributed by atoms with van der Waals surface area (Å²) >= 11 is 0. The molecular weight excluding hydrogens is 340 g/mol. The van der Waals surface area contributed by atoms with Gasteiger partial charge in [-0.05, 0) is 37.3 Å². The van der Waals surface area contributed by atoms with Crippen LogP contribution in [0.25, 0.3) is 0 Å². The van der Waals surface area contributed by atoms with E-state index >= 15 is 0 Å². The van der Waals surface area contributed by atoms with Crippen LogP contribution in [0, 0.1) is 17.0 Å². The molecule has 8 nitrogen and oxygen atoms in total. The predicted molar refractivity (Wildman–Crippen MR) is 93.2 cm³/mol.